The van der Waals surface area contributed by atoms with Crippen LogP contribution in [0.5, 0.6) is 5.75 Å². The molecule has 1 unspecified atom stereocenters. The normalized spacial score (nSPS) is 14.6. The molecule has 2 N–H and O–H groups in total. The van der Waals surface area contributed by atoms with Gasteiger partial charge < -0.3 is 19.0 Å². The smallest absolute Gasteiger partial charge is 0.180 e. The first kappa shape index (κ1) is 23.0. The van der Waals surface area contributed by atoms with E-state index in [0.29, 0.717) is 24.3 Å². The van der Waals surface area contributed by atoms with Crippen LogP contribution in [0.15, 0.2) is 59.5 Å². The highest BCUT2D eigenvalue weighted by molar-refractivity contribution is 5.95. The van der Waals surface area contributed by atoms with Crippen molar-refractivity contribution in [2.75, 3.05) is 5.32 Å². The van der Waals surface area contributed by atoms with Crippen molar-refractivity contribution < 1.29 is 9.15 Å². The number of rotatable bonds is 9. The number of anilines is 1. The van der Waals surface area contributed by atoms with Gasteiger partial charge in [0.15, 0.2) is 6.39 Å². The fourth-order valence-electron chi connectivity index (χ4n) is 4.78. The molecular formula is C28H31N5O2. The Balaban J connectivity index is 1.51. The van der Waals surface area contributed by atoms with Crippen LogP contribution in [0, 0.1) is 11.3 Å². The lowest BCUT2D eigenvalue weighted by Crippen LogP contribution is -2.37. The topological polar surface area (TPSA) is 88.0 Å². The molecule has 0 amide bonds. The lowest BCUT2D eigenvalue weighted by atomic mass is 9.92. The van der Waals surface area contributed by atoms with Crippen molar-refractivity contribution in [3.63, 3.8) is 0 Å². The Morgan fingerprint density at radius 1 is 1.17 bits per heavy atom. The molecule has 1 aliphatic rings. The average Bonchev–Trinajstić information content (AvgIpc) is 3.43. The third-order valence-corrected chi connectivity index (χ3v) is 6.52. The van der Waals surface area contributed by atoms with Crippen LogP contribution in [0.25, 0.3) is 22.2 Å². The van der Waals surface area contributed by atoms with E-state index in [1.807, 2.05) is 18.2 Å². The predicted molar refractivity (Wildman–Crippen MR) is 137 cm³/mol. The van der Waals surface area contributed by atoms with E-state index >= 15 is 0 Å². The van der Waals surface area contributed by atoms with E-state index in [1.54, 1.807) is 6.26 Å². The van der Waals surface area contributed by atoms with Gasteiger partial charge in [0.05, 0.1) is 22.9 Å². The van der Waals surface area contributed by atoms with Crippen LogP contribution in [0.2, 0.25) is 0 Å². The van der Waals surface area contributed by atoms with E-state index in [1.165, 1.54) is 12.8 Å². The minimum absolute atomic E-state index is 0.160. The number of fused-ring (bicyclic) bond motifs is 1. The molecule has 1 saturated carbocycles. The maximum absolute atomic E-state index is 10.2. The van der Waals surface area contributed by atoms with Crippen molar-refractivity contribution in [2.24, 2.45) is 0 Å². The summed E-state index contributed by atoms with van der Waals surface area (Å²) in [5.41, 5.74) is 5.57. The standard InChI is InChI=1S/C28H31N5O2/c1-18(2)31-19(3)32-21-9-7-20(8-10-21)28-26(14-29)25-12-11-24(35-16-22-15-34-17-30-22)13-27(25)33(28)23-5-4-6-23/h7-13,15,17-19,23,31-32H,4-6,16H2,1-3H3. The number of hydrogen-bond donors (Lipinski definition) is 2. The molecular weight excluding hydrogens is 438 g/mol. The van der Waals surface area contributed by atoms with Crippen LogP contribution < -0.4 is 15.4 Å². The molecule has 7 nitrogen and oxygen atoms in total. The third-order valence-electron chi connectivity index (χ3n) is 6.52. The number of nitriles is 1. The van der Waals surface area contributed by atoms with Crippen LogP contribution in [-0.4, -0.2) is 21.8 Å². The van der Waals surface area contributed by atoms with Crippen molar-refractivity contribution in [3.8, 4) is 23.1 Å². The summed E-state index contributed by atoms with van der Waals surface area (Å²) < 4.78 is 13.4. The summed E-state index contributed by atoms with van der Waals surface area (Å²) in [6.07, 6.45) is 6.58. The summed E-state index contributed by atoms with van der Waals surface area (Å²) >= 11 is 0. The summed E-state index contributed by atoms with van der Waals surface area (Å²) in [5, 5.41) is 18.1. The molecule has 180 valence electrons. The van der Waals surface area contributed by atoms with E-state index < -0.39 is 0 Å². The second-order valence-electron chi connectivity index (χ2n) is 9.50. The number of hydrogen-bond acceptors (Lipinski definition) is 6. The highest BCUT2D eigenvalue weighted by Crippen LogP contribution is 2.43. The maximum atomic E-state index is 10.2. The Hall–Kier alpha value is -3.76. The number of nitrogens with one attached hydrogen (secondary N) is 2. The van der Waals surface area contributed by atoms with Crippen LogP contribution in [0.4, 0.5) is 5.69 Å². The van der Waals surface area contributed by atoms with E-state index in [-0.39, 0.29) is 6.17 Å². The van der Waals surface area contributed by atoms with Gasteiger partial charge in [0.1, 0.15) is 30.4 Å². The first-order valence-electron chi connectivity index (χ1n) is 12.2. The summed E-state index contributed by atoms with van der Waals surface area (Å²) in [6.45, 7) is 6.71. The number of nitrogens with zero attached hydrogens (tertiary/aromatic N) is 3. The van der Waals surface area contributed by atoms with Gasteiger partial charge in [0, 0.05) is 29.2 Å². The zero-order chi connectivity index (χ0) is 24.4. The van der Waals surface area contributed by atoms with Crippen LogP contribution in [-0.2, 0) is 6.61 Å². The SMILES string of the molecule is CC(C)NC(C)Nc1ccc(-c2c(C#N)c3ccc(OCc4cocn4)cc3n2C2CCC2)cc1. The van der Waals surface area contributed by atoms with Gasteiger partial charge in [-0.1, -0.05) is 12.1 Å². The lowest BCUT2D eigenvalue weighted by Gasteiger charge is -2.30. The average molecular weight is 470 g/mol. The molecule has 0 saturated heterocycles. The van der Waals surface area contributed by atoms with Gasteiger partial charge in [-0.25, -0.2) is 4.98 Å². The quantitative estimate of drug-likeness (QED) is 0.283. The largest absolute Gasteiger partial charge is 0.487 e. The first-order chi connectivity index (χ1) is 17.0. The van der Waals surface area contributed by atoms with Gasteiger partial charge in [0.2, 0.25) is 0 Å². The van der Waals surface area contributed by atoms with Crippen molar-refractivity contribution in [1.29, 1.82) is 5.26 Å². The third kappa shape index (κ3) is 4.75. The van der Waals surface area contributed by atoms with Gasteiger partial charge in [-0.15, -0.1) is 0 Å². The van der Waals surface area contributed by atoms with E-state index in [4.69, 9.17) is 9.15 Å². The van der Waals surface area contributed by atoms with Crippen LogP contribution >= 0.6 is 0 Å². The van der Waals surface area contributed by atoms with E-state index in [0.717, 1.165) is 52.1 Å². The van der Waals surface area contributed by atoms with Gasteiger partial charge >= 0.3 is 0 Å². The summed E-state index contributed by atoms with van der Waals surface area (Å²) in [4.78, 5) is 4.12. The molecule has 2 aromatic carbocycles. The van der Waals surface area contributed by atoms with Crippen molar-refractivity contribution in [2.45, 2.75) is 64.9 Å². The first-order valence-corrected chi connectivity index (χ1v) is 12.2. The van der Waals surface area contributed by atoms with Crippen molar-refractivity contribution in [1.82, 2.24) is 14.9 Å². The Kier molecular flexibility index (Phi) is 6.47. The second kappa shape index (κ2) is 9.85. The summed E-state index contributed by atoms with van der Waals surface area (Å²) in [7, 11) is 0. The molecule has 5 rings (SSSR count). The Morgan fingerprint density at radius 2 is 1.97 bits per heavy atom. The Labute approximate surface area is 205 Å². The monoisotopic (exact) mass is 469 g/mol. The molecule has 7 heteroatoms. The molecule has 35 heavy (non-hydrogen) atoms. The lowest BCUT2D eigenvalue weighted by molar-refractivity contribution is 0.300. The van der Waals surface area contributed by atoms with Crippen molar-refractivity contribution >= 4 is 16.6 Å². The van der Waals surface area contributed by atoms with Gasteiger partial charge in [-0.05, 0) is 69.9 Å². The molecule has 0 spiro atoms. The Bertz CT molecular complexity index is 1330. The molecule has 1 atom stereocenters. The second-order valence-corrected chi connectivity index (χ2v) is 9.50. The predicted octanol–water partition coefficient (Wildman–Crippen LogP) is 6.23. The Morgan fingerprint density at radius 3 is 2.60 bits per heavy atom. The van der Waals surface area contributed by atoms with E-state index in [2.05, 4.69) is 71.3 Å². The minimum atomic E-state index is 0.160. The number of aromatic nitrogens is 2. The summed E-state index contributed by atoms with van der Waals surface area (Å²) in [5.74, 6) is 0.751. The molecule has 4 aromatic rings. The number of ether oxygens (including phenoxy) is 1. The molecule has 0 aliphatic heterocycles. The molecule has 0 bridgehead atoms. The molecule has 0 radical (unpaired) electrons. The highest BCUT2D eigenvalue weighted by atomic mass is 16.5. The fourth-order valence-corrected chi connectivity index (χ4v) is 4.78. The summed E-state index contributed by atoms with van der Waals surface area (Å²) in [6, 6.07) is 17.6. The van der Waals surface area contributed by atoms with Gasteiger partial charge in [-0.2, -0.15) is 5.26 Å². The van der Waals surface area contributed by atoms with Gasteiger partial charge in [-0.3, -0.25) is 5.32 Å². The zero-order valence-electron chi connectivity index (χ0n) is 20.4. The van der Waals surface area contributed by atoms with Gasteiger partial charge in [0.25, 0.3) is 0 Å². The minimum Gasteiger partial charge on any atom is -0.487 e. The van der Waals surface area contributed by atoms with Crippen LogP contribution in [0.1, 0.15) is 57.3 Å². The van der Waals surface area contributed by atoms with Crippen molar-refractivity contribution in [3.05, 3.63) is 66.4 Å². The number of benzene rings is 2. The van der Waals surface area contributed by atoms with Crippen LogP contribution in [0.3, 0.4) is 0 Å². The maximum Gasteiger partial charge on any atom is 0.180 e. The highest BCUT2D eigenvalue weighted by Gasteiger charge is 2.28. The zero-order valence-corrected chi connectivity index (χ0v) is 20.4. The number of oxazole rings is 1. The molecule has 1 fully saturated rings. The fraction of sp³-hybridized carbons (Fsp3) is 0.357. The molecule has 1 aliphatic carbocycles. The molecule has 2 aromatic heterocycles. The molecule has 2 heterocycles. The van der Waals surface area contributed by atoms with E-state index in [9.17, 15) is 5.26 Å².